The molecule has 0 bridgehead atoms. The molecule has 2 atom stereocenters. The molecule has 8 nitrogen and oxygen atoms in total. The largest absolute Gasteiger partial charge is 0.444 e. The first-order chi connectivity index (χ1) is 19.9. The predicted molar refractivity (Wildman–Crippen MR) is 144 cm³/mol. The lowest BCUT2D eigenvalue weighted by Crippen LogP contribution is -2.43. The zero-order chi connectivity index (χ0) is 31.5. The Hall–Kier alpha value is -4.10. The SMILES string of the molecule is C[C@@H]1CC12C=C(N(Cc1cc(C(F)(F)F)cc(C(F)(F)F)c1)c1ncc(-c3cnn(C)c3)cn1)CN2C(=O)OC(C)(C)C. The van der Waals surface area contributed by atoms with Gasteiger partial charge in [-0.3, -0.25) is 9.58 Å². The number of benzene rings is 1. The van der Waals surface area contributed by atoms with Crippen LogP contribution in [0.1, 0.15) is 50.8 Å². The third-order valence-corrected chi connectivity index (χ3v) is 7.43. The normalized spacial score (nSPS) is 20.4. The predicted octanol–water partition coefficient (Wildman–Crippen LogP) is 6.83. The van der Waals surface area contributed by atoms with Crippen LogP contribution in [-0.2, 0) is 30.7 Å². The first kappa shape index (κ1) is 30.4. The number of rotatable bonds is 5. The molecule has 2 aromatic heterocycles. The van der Waals surface area contributed by atoms with Crippen LogP contribution in [0.3, 0.4) is 0 Å². The summed E-state index contributed by atoms with van der Waals surface area (Å²) < 4.78 is 89.1. The van der Waals surface area contributed by atoms with Gasteiger partial charge in [-0.05, 0) is 62.9 Å². The molecule has 230 valence electrons. The molecule has 1 aliphatic carbocycles. The summed E-state index contributed by atoms with van der Waals surface area (Å²) in [5, 5.41) is 4.11. The van der Waals surface area contributed by atoms with Gasteiger partial charge >= 0.3 is 18.4 Å². The summed E-state index contributed by atoms with van der Waals surface area (Å²) >= 11 is 0. The highest BCUT2D eigenvalue weighted by atomic mass is 19.4. The number of hydrogen-bond acceptors (Lipinski definition) is 6. The van der Waals surface area contributed by atoms with Gasteiger partial charge in [0.25, 0.3) is 0 Å². The number of aryl methyl sites for hydroxylation is 1. The van der Waals surface area contributed by atoms with Gasteiger partial charge in [0.2, 0.25) is 5.95 Å². The molecule has 1 saturated carbocycles. The van der Waals surface area contributed by atoms with E-state index in [1.807, 2.05) is 13.0 Å². The van der Waals surface area contributed by atoms with Gasteiger partial charge in [0.15, 0.2) is 0 Å². The Kier molecular flexibility index (Phi) is 7.25. The second kappa shape index (κ2) is 10.3. The summed E-state index contributed by atoms with van der Waals surface area (Å²) in [6.45, 7) is 6.72. The Balaban J connectivity index is 1.56. The fourth-order valence-corrected chi connectivity index (χ4v) is 5.22. The van der Waals surface area contributed by atoms with Crippen LogP contribution < -0.4 is 4.90 Å². The van der Waals surface area contributed by atoms with Gasteiger partial charge in [-0.25, -0.2) is 14.8 Å². The second-order valence-electron chi connectivity index (χ2n) is 12.0. The van der Waals surface area contributed by atoms with Crippen LogP contribution in [0.4, 0.5) is 37.1 Å². The molecule has 1 aromatic carbocycles. The second-order valence-corrected chi connectivity index (χ2v) is 12.0. The minimum atomic E-state index is -5.00. The summed E-state index contributed by atoms with van der Waals surface area (Å²) in [6.07, 6.45) is -1.81. The number of amides is 1. The minimum Gasteiger partial charge on any atom is -0.444 e. The van der Waals surface area contributed by atoms with Crippen molar-refractivity contribution in [2.45, 2.75) is 64.2 Å². The third kappa shape index (κ3) is 6.32. The van der Waals surface area contributed by atoms with E-state index in [0.29, 0.717) is 29.8 Å². The highest BCUT2D eigenvalue weighted by molar-refractivity contribution is 5.73. The monoisotopic (exact) mass is 608 g/mol. The van der Waals surface area contributed by atoms with Gasteiger partial charge in [0.05, 0.1) is 36.0 Å². The van der Waals surface area contributed by atoms with Crippen molar-refractivity contribution in [2.24, 2.45) is 13.0 Å². The quantitative estimate of drug-likeness (QED) is 0.296. The zero-order valence-corrected chi connectivity index (χ0v) is 24.1. The van der Waals surface area contributed by atoms with Crippen LogP contribution in [-0.4, -0.2) is 48.4 Å². The van der Waals surface area contributed by atoms with Crippen LogP contribution in [0.15, 0.2) is 54.8 Å². The number of alkyl halides is 6. The number of nitrogens with zero attached hydrogens (tertiary/aromatic N) is 6. The highest BCUT2D eigenvalue weighted by Crippen LogP contribution is 2.54. The van der Waals surface area contributed by atoms with Crippen molar-refractivity contribution in [3.05, 3.63) is 71.4 Å². The molecule has 0 radical (unpaired) electrons. The fourth-order valence-electron chi connectivity index (χ4n) is 5.22. The molecule has 43 heavy (non-hydrogen) atoms. The Morgan fingerprint density at radius 3 is 2.05 bits per heavy atom. The standard InChI is InChI=1S/C29H30F6N6O2/c1-17-9-27(17)10-23(16-41(27)25(42)43-26(2,3)4)40(24-36-11-19(12-37-24)20-13-38-39(5)15-20)14-18-6-21(28(30,31)32)8-22(7-18)29(33,34)35/h6-8,10-13,15,17H,9,14,16H2,1-5H3/t17-,27?/m1/s1. The summed E-state index contributed by atoms with van der Waals surface area (Å²) in [5.41, 5.74) is -2.80. The molecule has 1 aliphatic heterocycles. The Morgan fingerprint density at radius 1 is 1.00 bits per heavy atom. The molecule has 3 aromatic rings. The number of hydrogen-bond donors (Lipinski definition) is 0. The molecule has 3 heterocycles. The van der Waals surface area contributed by atoms with Gasteiger partial charge in [-0.1, -0.05) is 6.92 Å². The summed E-state index contributed by atoms with van der Waals surface area (Å²) in [5.74, 6) is 0.0954. The first-order valence-corrected chi connectivity index (χ1v) is 13.4. The average Bonchev–Trinajstić information content (AvgIpc) is 3.19. The van der Waals surface area contributed by atoms with Crippen LogP contribution in [0.5, 0.6) is 0 Å². The zero-order valence-electron chi connectivity index (χ0n) is 24.1. The van der Waals surface area contributed by atoms with Crippen molar-refractivity contribution in [3.63, 3.8) is 0 Å². The Morgan fingerprint density at radius 2 is 1.58 bits per heavy atom. The van der Waals surface area contributed by atoms with E-state index in [9.17, 15) is 31.1 Å². The highest BCUT2D eigenvalue weighted by Gasteiger charge is 2.60. The average molecular weight is 609 g/mol. The van der Waals surface area contributed by atoms with Gasteiger partial charge < -0.3 is 9.64 Å². The van der Waals surface area contributed by atoms with E-state index >= 15 is 0 Å². The summed E-state index contributed by atoms with van der Waals surface area (Å²) in [4.78, 5) is 25.0. The topological polar surface area (TPSA) is 76.4 Å². The van der Waals surface area contributed by atoms with E-state index in [1.54, 1.807) is 49.8 Å². The van der Waals surface area contributed by atoms with E-state index in [4.69, 9.17) is 4.74 Å². The molecule has 1 spiro atoms. The summed E-state index contributed by atoms with van der Waals surface area (Å²) in [6, 6.07) is 1.46. The summed E-state index contributed by atoms with van der Waals surface area (Å²) in [7, 11) is 1.74. The number of anilines is 1. The number of halogens is 6. The molecule has 0 saturated heterocycles. The van der Waals surface area contributed by atoms with Crippen molar-refractivity contribution < 1.29 is 35.9 Å². The molecule has 1 unspecified atom stereocenters. The maximum absolute atomic E-state index is 13.7. The van der Waals surface area contributed by atoms with E-state index in [1.165, 1.54) is 17.3 Å². The number of aromatic nitrogens is 4. The van der Waals surface area contributed by atoms with Crippen molar-refractivity contribution in [1.82, 2.24) is 24.6 Å². The van der Waals surface area contributed by atoms with Crippen molar-refractivity contribution in [2.75, 3.05) is 11.4 Å². The first-order valence-electron chi connectivity index (χ1n) is 13.4. The maximum atomic E-state index is 13.7. The minimum absolute atomic E-state index is 0.00193. The van der Waals surface area contributed by atoms with Crippen molar-refractivity contribution >= 4 is 12.0 Å². The maximum Gasteiger partial charge on any atom is 0.416 e. The third-order valence-electron chi connectivity index (χ3n) is 7.43. The molecule has 2 aliphatic rings. The van der Waals surface area contributed by atoms with E-state index < -0.39 is 47.3 Å². The lowest BCUT2D eigenvalue weighted by molar-refractivity contribution is -0.143. The molecule has 1 amide bonds. The Bertz CT molecular complexity index is 1520. The van der Waals surface area contributed by atoms with E-state index in [0.717, 1.165) is 5.56 Å². The number of carbonyl (C=O) groups excluding carboxylic acids is 1. The fraction of sp³-hybridized carbons (Fsp3) is 0.448. The molecule has 0 N–H and O–H groups in total. The smallest absolute Gasteiger partial charge is 0.416 e. The van der Waals surface area contributed by atoms with Crippen molar-refractivity contribution in [3.8, 4) is 11.1 Å². The van der Waals surface area contributed by atoms with E-state index in [-0.39, 0.29) is 30.0 Å². The van der Waals surface area contributed by atoms with Crippen molar-refractivity contribution in [1.29, 1.82) is 0 Å². The number of carbonyl (C=O) groups is 1. The Labute approximate surface area is 244 Å². The van der Waals surface area contributed by atoms with Gasteiger partial charge in [-0.15, -0.1) is 0 Å². The van der Waals surface area contributed by atoms with Crippen LogP contribution in [0, 0.1) is 5.92 Å². The molecular formula is C29H30F6N6O2. The van der Waals surface area contributed by atoms with Crippen LogP contribution in [0.25, 0.3) is 11.1 Å². The van der Waals surface area contributed by atoms with Crippen LogP contribution >= 0.6 is 0 Å². The lowest BCUT2D eigenvalue weighted by atomic mass is 10.0. The van der Waals surface area contributed by atoms with Gasteiger partial charge in [-0.2, -0.15) is 31.4 Å². The molecule has 1 fully saturated rings. The van der Waals surface area contributed by atoms with Crippen LogP contribution in [0.2, 0.25) is 0 Å². The molecular weight excluding hydrogens is 578 g/mol. The van der Waals surface area contributed by atoms with Gasteiger partial charge in [0.1, 0.15) is 5.60 Å². The van der Waals surface area contributed by atoms with Gasteiger partial charge in [0, 0.05) is 42.5 Å². The lowest BCUT2D eigenvalue weighted by Gasteiger charge is -2.30. The van der Waals surface area contributed by atoms with E-state index in [2.05, 4.69) is 15.1 Å². The molecule has 5 rings (SSSR count). The molecule has 14 heteroatoms. The number of ether oxygens (including phenoxy) is 1.